The van der Waals surface area contributed by atoms with Crippen molar-refractivity contribution in [2.45, 2.75) is 167 Å². The first-order valence-corrected chi connectivity index (χ1v) is 16.0. The first-order valence-electron chi connectivity index (χ1n) is 16.0. The van der Waals surface area contributed by atoms with Gasteiger partial charge in [-0.05, 0) is 57.8 Å². The molecule has 0 aliphatic carbocycles. The van der Waals surface area contributed by atoms with Crippen molar-refractivity contribution in [2.24, 2.45) is 17.4 Å². The van der Waals surface area contributed by atoms with Gasteiger partial charge in [0.25, 0.3) is 0 Å². The molecule has 0 aliphatic rings. The van der Waals surface area contributed by atoms with Gasteiger partial charge in [0.1, 0.15) is 0 Å². The van der Waals surface area contributed by atoms with Crippen molar-refractivity contribution in [3.8, 4) is 0 Å². The second-order valence-corrected chi connectivity index (χ2v) is 11.0. The van der Waals surface area contributed by atoms with Crippen LogP contribution in [0.25, 0.3) is 0 Å². The van der Waals surface area contributed by atoms with Crippen LogP contribution in [0, 0.1) is 5.92 Å². The Morgan fingerprint density at radius 1 is 0.412 bits per heavy atom. The maximum absolute atomic E-state index is 5.63. The second kappa shape index (κ2) is 30.9. The quantitative estimate of drug-likeness (QED) is 0.0897. The first kappa shape index (κ1) is 33.9. The van der Waals surface area contributed by atoms with E-state index in [0.717, 1.165) is 19.0 Å². The maximum atomic E-state index is 5.63. The Balaban J connectivity index is 3.70. The van der Waals surface area contributed by atoms with Crippen molar-refractivity contribution in [3.63, 3.8) is 0 Å². The first-order chi connectivity index (χ1) is 16.8. The summed E-state index contributed by atoms with van der Waals surface area (Å²) in [5.74, 6) is 0.984. The zero-order chi connectivity index (χ0) is 24.8. The Bertz CT molecular complexity index is 348. The van der Waals surface area contributed by atoms with Crippen LogP contribution in [0.5, 0.6) is 0 Å². The number of nitrogens with two attached hydrogens (primary N) is 2. The van der Waals surface area contributed by atoms with E-state index in [9.17, 15) is 0 Å². The molecule has 0 fully saturated rings. The smallest absolute Gasteiger partial charge is 0.00489 e. The van der Waals surface area contributed by atoms with E-state index in [2.05, 4.69) is 12.2 Å². The third kappa shape index (κ3) is 28.1. The van der Waals surface area contributed by atoms with Gasteiger partial charge < -0.3 is 16.8 Å². The summed E-state index contributed by atoms with van der Waals surface area (Å²) in [5, 5.41) is 3.66. The molecule has 0 bridgehead atoms. The fourth-order valence-corrected chi connectivity index (χ4v) is 5.19. The lowest BCUT2D eigenvalue weighted by atomic mass is 9.89. The molecule has 0 aromatic rings. The van der Waals surface area contributed by atoms with Crippen LogP contribution in [0.1, 0.15) is 167 Å². The van der Waals surface area contributed by atoms with E-state index in [0.29, 0.717) is 0 Å². The van der Waals surface area contributed by atoms with E-state index in [1.54, 1.807) is 0 Å². The highest BCUT2D eigenvalue weighted by molar-refractivity contribution is 4.62. The monoisotopic (exact) mass is 482 g/mol. The Labute approximate surface area is 216 Å². The topological polar surface area (TPSA) is 64.1 Å². The summed E-state index contributed by atoms with van der Waals surface area (Å²) in [7, 11) is 0. The third-order valence-corrected chi connectivity index (χ3v) is 7.56. The Morgan fingerprint density at radius 2 is 0.735 bits per heavy atom. The van der Waals surface area contributed by atoms with Crippen LogP contribution < -0.4 is 16.8 Å². The number of nitrogens with one attached hydrogen (secondary N) is 1. The van der Waals surface area contributed by atoms with Gasteiger partial charge in [-0.3, -0.25) is 0 Å². The summed E-state index contributed by atoms with van der Waals surface area (Å²) in [4.78, 5) is 0. The molecular weight excluding hydrogens is 414 g/mol. The lowest BCUT2D eigenvalue weighted by Gasteiger charge is -2.17. The summed E-state index contributed by atoms with van der Waals surface area (Å²) in [5.41, 5.74) is 11.2. The lowest BCUT2D eigenvalue weighted by molar-refractivity contribution is 0.365. The fourth-order valence-electron chi connectivity index (χ4n) is 5.19. The molecule has 34 heavy (non-hydrogen) atoms. The molecule has 0 amide bonds. The van der Waals surface area contributed by atoms with Gasteiger partial charge in [0.05, 0.1) is 0 Å². The summed E-state index contributed by atoms with van der Waals surface area (Å²) in [6.07, 6.45) is 35.0. The number of rotatable bonds is 30. The Morgan fingerprint density at radius 3 is 1.12 bits per heavy atom. The molecule has 0 rings (SSSR count). The van der Waals surface area contributed by atoms with Gasteiger partial charge in [-0.25, -0.2) is 0 Å². The average molecular weight is 482 g/mol. The second-order valence-electron chi connectivity index (χ2n) is 11.0. The molecule has 3 nitrogen and oxygen atoms in total. The van der Waals surface area contributed by atoms with Crippen LogP contribution in [0.4, 0.5) is 0 Å². The van der Waals surface area contributed by atoms with Crippen molar-refractivity contribution in [1.82, 2.24) is 5.32 Å². The third-order valence-electron chi connectivity index (χ3n) is 7.56. The van der Waals surface area contributed by atoms with Crippen molar-refractivity contribution < 1.29 is 0 Å². The summed E-state index contributed by atoms with van der Waals surface area (Å²) >= 11 is 0. The number of hydrogen-bond acceptors (Lipinski definition) is 3. The van der Waals surface area contributed by atoms with Gasteiger partial charge in [0.15, 0.2) is 0 Å². The average Bonchev–Trinajstić information content (AvgIpc) is 2.85. The molecule has 0 saturated heterocycles. The molecule has 0 saturated carbocycles. The lowest BCUT2D eigenvalue weighted by Crippen LogP contribution is -2.16. The van der Waals surface area contributed by atoms with Crippen molar-refractivity contribution in [1.29, 1.82) is 0 Å². The van der Waals surface area contributed by atoms with Crippen LogP contribution in [-0.4, -0.2) is 26.2 Å². The van der Waals surface area contributed by atoms with E-state index in [4.69, 9.17) is 11.5 Å². The largest absolute Gasteiger partial charge is 0.330 e. The Kier molecular flexibility index (Phi) is 30.8. The zero-order valence-electron chi connectivity index (χ0n) is 23.7. The molecule has 0 aliphatic heterocycles. The maximum Gasteiger partial charge on any atom is -0.00489 e. The van der Waals surface area contributed by atoms with Gasteiger partial charge in [-0.15, -0.1) is 0 Å². The highest BCUT2D eigenvalue weighted by Crippen LogP contribution is 2.24. The van der Waals surface area contributed by atoms with Crippen molar-refractivity contribution in [3.05, 3.63) is 0 Å². The van der Waals surface area contributed by atoms with Crippen LogP contribution in [-0.2, 0) is 0 Å². The van der Waals surface area contributed by atoms with Gasteiger partial charge >= 0.3 is 0 Å². The van der Waals surface area contributed by atoms with Gasteiger partial charge in [-0.2, -0.15) is 0 Å². The molecule has 5 N–H and O–H groups in total. The molecule has 206 valence electrons. The SMILES string of the molecule is CCCCCCCCNCCCCCCCC(CCCCCCCN)CCCCCCCCN. The molecule has 3 heteroatoms. The van der Waals surface area contributed by atoms with Gasteiger partial charge in [-0.1, -0.05) is 142 Å². The number of hydrogen-bond donors (Lipinski definition) is 3. The minimum atomic E-state index is 0.864. The molecule has 0 spiro atoms. The minimum Gasteiger partial charge on any atom is -0.330 e. The predicted octanol–water partition coefficient (Wildman–Crippen LogP) is 8.88. The van der Waals surface area contributed by atoms with Gasteiger partial charge in [0.2, 0.25) is 0 Å². The van der Waals surface area contributed by atoms with E-state index >= 15 is 0 Å². The van der Waals surface area contributed by atoms with Crippen molar-refractivity contribution >= 4 is 0 Å². The molecule has 0 aromatic heterocycles. The summed E-state index contributed by atoms with van der Waals surface area (Å²) in [6.45, 7) is 6.48. The van der Waals surface area contributed by atoms with E-state index in [1.807, 2.05) is 0 Å². The van der Waals surface area contributed by atoms with E-state index in [1.165, 1.54) is 174 Å². The van der Waals surface area contributed by atoms with Crippen LogP contribution in [0.2, 0.25) is 0 Å². The van der Waals surface area contributed by atoms with Gasteiger partial charge in [0, 0.05) is 0 Å². The molecular formula is C31H67N3. The molecule has 1 atom stereocenters. The highest BCUT2D eigenvalue weighted by atomic mass is 14.8. The highest BCUT2D eigenvalue weighted by Gasteiger charge is 2.08. The number of unbranched alkanes of at least 4 members (excludes halogenated alkanes) is 18. The normalized spacial score (nSPS) is 12.4. The summed E-state index contributed by atoms with van der Waals surface area (Å²) < 4.78 is 0. The van der Waals surface area contributed by atoms with Crippen LogP contribution in [0.15, 0.2) is 0 Å². The van der Waals surface area contributed by atoms with Crippen LogP contribution in [0.3, 0.4) is 0 Å². The van der Waals surface area contributed by atoms with Crippen LogP contribution >= 0.6 is 0 Å². The predicted molar refractivity (Wildman–Crippen MR) is 156 cm³/mol. The molecule has 0 heterocycles. The van der Waals surface area contributed by atoms with E-state index < -0.39 is 0 Å². The van der Waals surface area contributed by atoms with Crippen molar-refractivity contribution in [2.75, 3.05) is 26.2 Å². The molecule has 1 unspecified atom stereocenters. The standard InChI is InChI=1S/C31H67N3/c1-2-3-4-5-15-22-29-34-30-23-16-9-12-19-26-31(25-18-11-8-14-21-28-33)24-17-10-6-7-13-20-27-32/h31,34H,2-30,32-33H2,1H3. The minimum absolute atomic E-state index is 0.864. The summed E-state index contributed by atoms with van der Waals surface area (Å²) in [6, 6.07) is 0. The molecule has 0 radical (unpaired) electrons. The molecule has 0 aromatic carbocycles. The van der Waals surface area contributed by atoms with E-state index in [-0.39, 0.29) is 0 Å². The fraction of sp³-hybridized carbons (Fsp3) is 1.00. The zero-order valence-corrected chi connectivity index (χ0v) is 23.7. The Hall–Kier alpha value is -0.120.